The Morgan fingerprint density at radius 1 is 0.974 bits per heavy atom. The highest BCUT2D eigenvalue weighted by molar-refractivity contribution is 6.13. The molecule has 0 spiro atoms. The first-order valence-electron chi connectivity index (χ1n) is 26.0. The number of aromatic nitrogens is 1. The second kappa shape index (κ2) is 22.8. The first-order chi connectivity index (χ1) is 36.2. The van der Waals surface area contributed by atoms with Gasteiger partial charge in [0.25, 0.3) is 11.8 Å². The zero-order valence-electron chi connectivity index (χ0n) is 44.1. The molecule has 1 aliphatic carbocycles. The third-order valence-electron chi connectivity index (χ3n) is 15.4. The molecule has 0 fully saturated rings. The van der Waals surface area contributed by atoms with Crippen LogP contribution in [-0.2, 0) is 78.6 Å². The minimum Gasteiger partial charge on any atom is -0.444 e. The summed E-state index contributed by atoms with van der Waals surface area (Å²) in [7, 11) is 1.47. The first kappa shape index (κ1) is 54.8. The SMILES string of the molecule is CC[C@@]1(C)C(=O)OC(=O)C2=C1C=C1c3nc4cc(F)c(C)c5c4c(c3CN1C2)[C@@H](NC(=O)COCN(C)C(=O)OCc1ccc(CC(=O)[C@H](C)NC(=O)[C@@H](CC(=O)CCCCCN2C(=O)C=CC2=O)C(C)C)cc1)CC5. The number of Topliss-reactive ketones (excluding diaryl/α,β-unsaturated/α-hetero) is 2. The molecular weight excluding hydrogens is 980 g/mol. The molecule has 0 bridgehead atoms. The van der Waals surface area contributed by atoms with Gasteiger partial charge in [0.15, 0.2) is 5.78 Å². The Labute approximate surface area is 440 Å². The summed E-state index contributed by atoms with van der Waals surface area (Å²) in [5.74, 6) is -4.19. The standard InChI is InChI=1S/C57H65FN6O12/c1-8-57(6)41-24-45-52-40(27-63(45)26-39(41)54(71)76-55(57)72)51-43(18-17-37-32(4)42(58)25-44(61-52)50(37)51)60-47(67)29-74-30-62(7)56(73)75-28-35-15-13-34(14-16-35)22-46(66)33(5)59-53(70)38(31(2)3)23-36(65)12-10-9-11-21-64-48(68)19-20-49(64)69/h13-16,19-20,24-25,31,33,38,43H,8-12,17-18,21-23,26-30H2,1-7H3,(H,59,70)(H,60,67)/t33-,38-,43-,57+/m0/s1. The lowest BCUT2D eigenvalue weighted by atomic mass is 9.74. The van der Waals surface area contributed by atoms with E-state index < -0.39 is 47.4 Å². The smallest absolute Gasteiger partial charge is 0.411 e. The number of esters is 2. The zero-order chi connectivity index (χ0) is 54.7. The molecule has 402 valence electrons. The van der Waals surface area contributed by atoms with Crippen LogP contribution in [0.1, 0.15) is 125 Å². The van der Waals surface area contributed by atoms with Crippen LogP contribution in [0.2, 0.25) is 0 Å². The fraction of sp³-hybridized carbons (Fsp3) is 0.474. The van der Waals surface area contributed by atoms with Gasteiger partial charge in [-0.1, -0.05) is 51.5 Å². The number of unbranched alkanes of at least 4 members (excludes halogenated alkanes) is 2. The fourth-order valence-corrected chi connectivity index (χ4v) is 10.6. The quantitative estimate of drug-likeness (QED) is 0.0369. The number of carbonyl (C=O) groups is 9. The van der Waals surface area contributed by atoms with E-state index in [-0.39, 0.29) is 86.8 Å². The van der Waals surface area contributed by atoms with Gasteiger partial charge in [0.05, 0.1) is 46.5 Å². The predicted molar refractivity (Wildman–Crippen MR) is 274 cm³/mol. The number of allylic oxidation sites excluding steroid dienone is 1. The predicted octanol–water partition coefficient (Wildman–Crippen LogP) is 6.33. The lowest BCUT2D eigenvalue weighted by Gasteiger charge is -2.37. The molecule has 8 rings (SSSR count). The van der Waals surface area contributed by atoms with Gasteiger partial charge in [0.1, 0.15) is 31.5 Å². The Balaban J connectivity index is 0.788. The van der Waals surface area contributed by atoms with E-state index in [1.165, 1.54) is 35.1 Å². The third kappa shape index (κ3) is 11.4. The molecule has 5 amide bonds. The topological polar surface area (TPSA) is 228 Å². The van der Waals surface area contributed by atoms with Crippen LogP contribution in [0, 0.1) is 30.0 Å². The number of benzene rings is 2. The van der Waals surface area contributed by atoms with Crippen molar-refractivity contribution in [2.24, 2.45) is 17.3 Å². The van der Waals surface area contributed by atoms with Crippen LogP contribution in [0.25, 0.3) is 16.6 Å². The summed E-state index contributed by atoms with van der Waals surface area (Å²) in [4.78, 5) is 125. The van der Waals surface area contributed by atoms with Crippen LogP contribution < -0.4 is 10.6 Å². The number of hydrogen-bond donors (Lipinski definition) is 2. The number of imide groups is 1. The van der Waals surface area contributed by atoms with E-state index in [9.17, 15) is 43.2 Å². The van der Waals surface area contributed by atoms with Crippen molar-refractivity contribution in [2.45, 2.75) is 125 Å². The maximum Gasteiger partial charge on any atom is 0.411 e. The van der Waals surface area contributed by atoms with Crippen molar-refractivity contribution >= 4 is 69.8 Å². The maximum atomic E-state index is 15.4. The summed E-state index contributed by atoms with van der Waals surface area (Å²) in [5, 5.41) is 6.67. The van der Waals surface area contributed by atoms with E-state index in [2.05, 4.69) is 10.6 Å². The van der Waals surface area contributed by atoms with E-state index in [1.807, 2.05) is 31.7 Å². The largest absolute Gasteiger partial charge is 0.444 e. The molecule has 4 aliphatic heterocycles. The molecule has 0 saturated carbocycles. The highest BCUT2D eigenvalue weighted by atomic mass is 19.1. The number of nitrogens with one attached hydrogen (secondary N) is 2. The molecule has 76 heavy (non-hydrogen) atoms. The number of pyridine rings is 1. The first-order valence-corrected chi connectivity index (χ1v) is 26.0. The Morgan fingerprint density at radius 2 is 1.68 bits per heavy atom. The maximum absolute atomic E-state index is 15.4. The summed E-state index contributed by atoms with van der Waals surface area (Å²) in [6.45, 7) is 10.8. The summed E-state index contributed by atoms with van der Waals surface area (Å²) >= 11 is 0. The van der Waals surface area contributed by atoms with Crippen molar-refractivity contribution in [3.63, 3.8) is 0 Å². The van der Waals surface area contributed by atoms with Crippen LogP contribution in [0.4, 0.5) is 9.18 Å². The highest BCUT2D eigenvalue weighted by Crippen LogP contribution is 2.50. The summed E-state index contributed by atoms with van der Waals surface area (Å²) in [6, 6.07) is 7.03. The van der Waals surface area contributed by atoms with Gasteiger partial charge in [-0.3, -0.25) is 43.4 Å². The number of cyclic esters (lactones) is 2. The Morgan fingerprint density at radius 3 is 2.38 bits per heavy atom. The second-order valence-corrected chi connectivity index (χ2v) is 21.0. The average Bonchev–Trinajstić information content (AvgIpc) is 4.00. The summed E-state index contributed by atoms with van der Waals surface area (Å²) < 4.78 is 31.7. The van der Waals surface area contributed by atoms with Crippen LogP contribution in [0.3, 0.4) is 0 Å². The van der Waals surface area contributed by atoms with Crippen molar-refractivity contribution in [3.05, 3.63) is 105 Å². The van der Waals surface area contributed by atoms with Crippen LogP contribution in [-0.4, -0.2) is 112 Å². The van der Waals surface area contributed by atoms with E-state index >= 15 is 4.39 Å². The van der Waals surface area contributed by atoms with Gasteiger partial charge in [0.2, 0.25) is 11.8 Å². The van der Waals surface area contributed by atoms with Gasteiger partial charge in [-0.25, -0.2) is 19.0 Å². The van der Waals surface area contributed by atoms with Crippen molar-refractivity contribution in [1.82, 2.24) is 30.3 Å². The van der Waals surface area contributed by atoms with Crippen LogP contribution in [0.5, 0.6) is 0 Å². The molecule has 1 aromatic heterocycles. The molecule has 2 N–H and O–H groups in total. The summed E-state index contributed by atoms with van der Waals surface area (Å²) in [5.41, 5.74) is 6.05. The van der Waals surface area contributed by atoms with Gasteiger partial charge in [-0.15, -0.1) is 0 Å². The molecule has 5 aliphatic rings. The van der Waals surface area contributed by atoms with Gasteiger partial charge < -0.3 is 29.7 Å². The van der Waals surface area contributed by atoms with Gasteiger partial charge in [-0.05, 0) is 98.3 Å². The minimum absolute atomic E-state index is 0.0339. The second-order valence-electron chi connectivity index (χ2n) is 21.0. The number of aryl methyl sites for hydroxylation is 1. The van der Waals surface area contributed by atoms with E-state index in [0.29, 0.717) is 96.4 Å². The molecule has 18 nitrogen and oxygen atoms in total. The molecular formula is C57H65FN6O12. The van der Waals surface area contributed by atoms with Gasteiger partial charge >= 0.3 is 18.0 Å². The zero-order valence-corrected chi connectivity index (χ0v) is 44.1. The van der Waals surface area contributed by atoms with Crippen molar-refractivity contribution in [2.75, 3.05) is 33.5 Å². The van der Waals surface area contributed by atoms with Crippen LogP contribution >= 0.6 is 0 Å². The monoisotopic (exact) mass is 1040 g/mol. The van der Waals surface area contributed by atoms with E-state index in [4.69, 9.17) is 19.2 Å². The third-order valence-corrected chi connectivity index (χ3v) is 15.4. The number of nitrogens with zero attached hydrogens (tertiary/aromatic N) is 4. The highest BCUT2D eigenvalue weighted by Gasteiger charge is 2.49. The Hall–Kier alpha value is -7.41. The number of fused-ring (bicyclic) bond motifs is 4. The molecule has 4 atom stereocenters. The molecule has 0 saturated heterocycles. The number of hydrogen-bond acceptors (Lipinski definition) is 14. The molecule has 3 aromatic rings. The lowest BCUT2D eigenvalue weighted by Crippen LogP contribution is -2.44. The minimum atomic E-state index is -1.03. The fourth-order valence-electron chi connectivity index (χ4n) is 10.6. The average molecular weight is 1050 g/mol. The number of halogens is 1. The number of ketones is 2. The van der Waals surface area contributed by atoms with Crippen LogP contribution in [0.15, 0.2) is 59.7 Å². The molecule has 0 radical (unpaired) electrons. The molecule has 19 heteroatoms. The Bertz CT molecular complexity index is 3000. The van der Waals surface area contributed by atoms with Crippen molar-refractivity contribution in [1.29, 1.82) is 0 Å². The van der Waals surface area contributed by atoms with E-state index in [0.717, 1.165) is 22.1 Å². The number of ether oxygens (including phenoxy) is 3. The number of amides is 5. The molecule has 5 heterocycles. The van der Waals surface area contributed by atoms with Gasteiger partial charge in [-0.2, -0.15) is 0 Å². The van der Waals surface area contributed by atoms with Crippen molar-refractivity contribution in [3.8, 4) is 0 Å². The van der Waals surface area contributed by atoms with Crippen molar-refractivity contribution < 1.29 is 61.8 Å². The molecule has 2 aromatic carbocycles. The number of rotatable bonds is 22. The van der Waals surface area contributed by atoms with Gasteiger partial charge in [0, 0.05) is 74.5 Å². The normalized spacial score (nSPS) is 19.3. The Kier molecular flexibility index (Phi) is 16.5. The molecule has 0 unspecified atom stereocenters. The summed E-state index contributed by atoms with van der Waals surface area (Å²) in [6.07, 6.45) is 7.13. The number of carbonyl (C=O) groups excluding carboxylic acids is 9. The lowest BCUT2D eigenvalue weighted by molar-refractivity contribution is -0.165. The van der Waals surface area contributed by atoms with E-state index in [1.54, 1.807) is 45.0 Å².